The van der Waals surface area contributed by atoms with Crippen molar-refractivity contribution in [1.29, 1.82) is 0 Å². The Bertz CT molecular complexity index is 1160. The largest absolute Gasteiger partial charge is 0.416 e. The number of alkyl halides is 7. The smallest absolute Gasteiger partial charge is 0.351 e. The van der Waals surface area contributed by atoms with Crippen molar-refractivity contribution in [3.8, 4) is 0 Å². The summed E-state index contributed by atoms with van der Waals surface area (Å²) in [5, 5.41) is 5.69. The highest BCUT2D eigenvalue weighted by molar-refractivity contribution is 5.84. The molecule has 12 heteroatoms. The van der Waals surface area contributed by atoms with E-state index in [0.717, 1.165) is 12.8 Å². The maximum Gasteiger partial charge on any atom is 0.416 e. The standard InChI is InChI=1S/C25H26F7N3O2/c26-10-16-8-17(12-34-21(16)36)20(7-14-1-2-14)23(3-4-33-13-23)22(37)35-11-15-5-18(24(27,28)29)9-19(6-15)25(30,31)32/h5-6,8-9,12,14,20,33H,1-4,7,10-11,13H2,(H,34,36)(H,35,37). The van der Waals surface area contributed by atoms with E-state index in [1.807, 2.05) is 0 Å². The minimum atomic E-state index is -5.00. The molecule has 1 amide bonds. The van der Waals surface area contributed by atoms with E-state index in [1.165, 1.54) is 12.3 Å². The molecule has 0 bridgehead atoms. The number of rotatable bonds is 8. The van der Waals surface area contributed by atoms with Gasteiger partial charge < -0.3 is 15.6 Å². The Hall–Kier alpha value is -2.89. The Balaban J connectivity index is 1.64. The minimum absolute atomic E-state index is 0.0397. The molecule has 2 aromatic rings. The number of carbonyl (C=O) groups excluding carboxylic acids is 1. The van der Waals surface area contributed by atoms with Gasteiger partial charge in [-0.1, -0.05) is 12.8 Å². The van der Waals surface area contributed by atoms with Crippen LogP contribution in [-0.2, 0) is 30.4 Å². The first-order chi connectivity index (χ1) is 17.3. The van der Waals surface area contributed by atoms with Crippen molar-refractivity contribution in [2.75, 3.05) is 13.1 Å². The quantitative estimate of drug-likeness (QED) is 0.416. The van der Waals surface area contributed by atoms with Gasteiger partial charge in [0, 0.05) is 30.8 Å². The van der Waals surface area contributed by atoms with Crippen molar-refractivity contribution in [1.82, 2.24) is 15.6 Å². The average molecular weight is 533 g/mol. The van der Waals surface area contributed by atoms with Gasteiger partial charge in [-0.25, -0.2) is 4.39 Å². The number of aromatic nitrogens is 1. The van der Waals surface area contributed by atoms with Crippen LogP contribution >= 0.6 is 0 Å². The molecule has 4 rings (SSSR count). The summed E-state index contributed by atoms with van der Waals surface area (Å²) in [6.45, 7) is -0.842. The summed E-state index contributed by atoms with van der Waals surface area (Å²) in [5.41, 5.74) is -4.42. The van der Waals surface area contributed by atoms with Crippen LogP contribution in [-0.4, -0.2) is 24.0 Å². The molecule has 37 heavy (non-hydrogen) atoms. The molecule has 1 saturated heterocycles. The molecule has 2 atom stereocenters. The summed E-state index contributed by atoms with van der Waals surface area (Å²) in [6, 6.07) is 2.65. The van der Waals surface area contributed by atoms with Gasteiger partial charge in [-0.2, -0.15) is 26.3 Å². The van der Waals surface area contributed by atoms with Gasteiger partial charge in [-0.3, -0.25) is 9.59 Å². The van der Waals surface area contributed by atoms with Crippen LogP contribution in [0.4, 0.5) is 30.7 Å². The highest BCUT2D eigenvalue weighted by atomic mass is 19.4. The van der Waals surface area contributed by atoms with Gasteiger partial charge in [0.25, 0.3) is 5.56 Å². The first-order valence-corrected chi connectivity index (χ1v) is 11.9. The second-order valence-electron chi connectivity index (χ2n) is 9.83. The normalized spacial score (nSPS) is 21.2. The first-order valence-electron chi connectivity index (χ1n) is 11.9. The van der Waals surface area contributed by atoms with Gasteiger partial charge in [0.2, 0.25) is 5.91 Å². The van der Waals surface area contributed by atoms with E-state index in [-0.39, 0.29) is 23.7 Å². The lowest BCUT2D eigenvalue weighted by atomic mass is 9.68. The second-order valence-corrected chi connectivity index (χ2v) is 9.83. The number of nitrogens with one attached hydrogen (secondary N) is 3. The first kappa shape index (κ1) is 27.2. The third kappa shape index (κ3) is 6.00. The molecule has 1 aliphatic carbocycles. The van der Waals surface area contributed by atoms with Crippen LogP contribution < -0.4 is 16.2 Å². The Kier molecular flexibility index (Phi) is 7.42. The summed E-state index contributed by atoms with van der Waals surface area (Å²) in [5.74, 6) is -0.639. The monoisotopic (exact) mass is 533 g/mol. The van der Waals surface area contributed by atoms with E-state index in [4.69, 9.17) is 0 Å². The zero-order chi connectivity index (χ0) is 27.0. The number of halogens is 7. The second kappa shape index (κ2) is 10.1. The maximum atomic E-state index is 13.6. The van der Waals surface area contributed by atoms with Crippen molar-refractivity contribution < 1.29 is 35.5 Å². The molecule has 1 saturated carbocycles. The number of benzene rings is 1. The summed E-state index contributed by atoms with van der Waals surface area (Å²) >= 11 is 0. The van der Waals surface area contributed by atoms with Crippen molar-refractivity contribution in [2.24, 2.45) is 11.3 Å². The van der Waals surface area contributed by atoms with E-state index >= 15 is 0 Å². The Labute approximate surface area is 207 Å². The fourth-order valence-electron chi connectivity index (χ4n) is 5.06. The molecule has 202 valence electrons. The predicted molar refractivity (Wildman–Crippen MR) is 120 cm³/mol. The highest BCUT2D eigenvalue weighted by Gasteiger charge is 2.50. The number of aromatic amines is 1. The Morgan fingerprint density at radius 1 is 1.05 bits per heavy atom. The third-order valence-electron chi connectivity index (χ3n) is 7.22. The SMILES string of the molecule is O=C(NCc1cc(C(F)(F)F)cc(C(F)(F)F)c1)C1(C(CC2CC2)c2c[nH]c(=O)c(CF)c2)CCNC1. The van der Waals surface area contributed by atoms with Crippen LogP contribution in [0.5, 0.6) is 0 Å². The highest BCUT2D eigenvalue weighted by Crippen LogP contribution is 2.49. The summed E-state index contributed by atoms with van der Waals surface area (Å²) in [7, 11) is 0. The summed E-state index contributed by atoms with van der Waals surface area (Å²) in [6.07, 6.45) is -5.71. The number of hydrogen-bond acceptors (Lipinski definition) is 3. The molecule has 0 radical (unpaired) electrons. The van der Waals surface area contributed by atoms with E-state index in [0.29, 0.717) is 43.0 Å². The number of amides is 1. The number of carbonyl (C=O) groups is 1. The molecular weight excluding hydrogens is 507 g/mol. The fourth-order valence-corrected chi connectivity index (χ4v) is 5.06. The molecule has 1 aromatic carbocycles. The maximum absolute atomic E-state index is 13.6. The van der Waals surface area contributed by atoms with Crippen molar-refractivity contribution >= 4 is 5.91 Å². The summed E-state index contributed by atoms with van der Waals surface area (Å²) in [4.78, 5) is 28.0. The summed E-state index contributed by atoms with van der Waals surface area (Å²) < 4.78 is 92.8. The van der Waals surface area contributed by atoms with Crippen LogP contribution in [0.25, 0.3) is 0 Å². The van der Waals surface area contributed by atoms with Gasteiger partial charge in [0.15, 0.2) is 0 Å². The molecule has 2 heterocycles. The van der Waals surface area contributed by atoms with Gasteiger partial charge in [0.1, 0.15) is 6.67 Å². The van der Waals surface area contributed by atoms with Gasteiger partial charge in [-0.05, 0) is 60.7 Å². The zero-order valence-corrected chi connectivity index (χ0v) is 19.7. The van der Waals surface area contributed by atoms with Crippen LogP contribution in [0.1, 0.15) is 59.4 Å². The molecule has 2 aliphatic rings. The average Bonchev–Trinajstić information content (AvgIpc) is 3.53. The third-order valence-corrected chi connectivity index (χ3v) is 7.22. The van der Waals surface area contributed by atoms with E-state index in [2.05, 4.69) is 15.6 Å². The lowest BCUT2D eigenvalue weighted by Crippen LogP contribution is -2.46. The van der Waals surface area contributed by atoms with E-state index in [9.17, 15) is 40.3 Å². The lowest BCUT2D eigenvalue weighted by Gasteiger charge is -2.36. The van der Waals surface area contributed by atoms with Crippen LogP contribution in [0.3, 0.4) is 0 Å². The van der Waals surface area contributed by atoms with Gasteiger partial charge in [-0.15, -0.1) is 0 Å². The van der Waals surface area contributed by atoms with E-state index < -0.39 is 59.5 Å². The number of pyridine rings is 1. The Morgan fingerprint density at radius 3 is 2.22 bits per heavy atom. The molecule has 1 aromatic heterocycles. The molecule has 3 N–H and O–H groups in total. The molecule has 5 nitrogen and oxygen atoms in total. The van der Waals surface area contributed by atoms with Crippen molar-refractivity contribution in [2.45, 2.75) is 57.2 Å². The van der Waals surface area contributed by atoms with Crippen molar-refractivity contribution in [3.05, 3.63) is 68.6 Å². The van der Waals surface area contributed by atoms with Gasteiger partial charge in [0.05, 0.1) is 16.5 Å². The van der Waals surface area contributed by atoms with Crippen LogP contribution in [0.2, 0.25) is 0 Å². The predicted octanol–water partition coefficient (Wildman–Crippen LogP) is 5.06. The topological polar surface area (TPSA) is 74.0 Å². The van der Waals surface area contributed by atoms with Crippen molar-refractivity contribution in [3.63, 3.8) is 0 Å². The molecule has 1 aliphatic heterocycles. The molecular formula is C25H26F7N3O2. The zero-order valence-electron chi connectivity index (χ0n) is 19.7. The Morgan fingerprint density at radius 2 is 1.70 bits per heavy atom. The molecule has 2 fully saturated rings. The van der Waals surface area contributed by atoms with Gasteiger partial charge >= 0.3 is 12.4 Å². The van der Waals surface area contributed by atoms with Crippen LogP contribution in [0.15, 0.2) is 35.3 Å². The molecule has 2 unspecified atom stereocenters. The lowest BCUT2D eigenvalue weighted by molar-refractivity contribution is -0.143. The van der Waals surface area contributed by atoms with E-state index in [1.54, 1.807) is 0 Å². The molecule has 0 spiro atoms. The van der Waals surface area contributed by atoms with Crippen LogP contribution in [0, 0.1) is 11.3 Å². The number of hydrogen-bond donors (Lipinski definition) is 3. The number of H-pyrrole nitrogens is 1. The fraction of sp³-hybridized carbons (Fsp3) is 0.520. The minimum Gasteiger partial charge on any atom is -0.351 e.